The average Bonchev–Trinajstić information content (AvgIpc) is 2.64. The summed E-state index contributed by atoms with van der Waals surface area (Å²) < 4.78 is 5.21. The molecule has 1 heterocycles. The molecule has 0 bridgehead atoms. The Kier molecular flexibility index (Phi) is 4.90. The molecule has 0 unspecified atom stereocenters. The Bertz CT molecular complexity index is 282. The minimum Gasteiger partial charge on any atom is -0.481 e. The van der Waals surface area contributed by atoms with Crippen LogP contribution >= 0.6 is 0 Å². The monoisotopic (exact) mass is 211 g/mol. The molecule has 0 aliphatic rings. The first-order valence-electron chi connectivity index (χ1n) is 5.11. The van der Waals surface area contributed by atoms with Crippen LogP contribution in [0.1, 0.15) is 25.0 Å². The highest BCUT2D eigenvalue weighted by atomic mass is 16.4. The lowest BCUT2D eigenvalue weighted by atomic mass is 10.2. The highest BCUT2D eigenvalue weighted by molar-refractivity contribution is 5.66. The van der Waals surface area contributed by atoms with Crippen LogP contribution in [0.15, 0.2) is 22.8 Å². The Morgan fingerprint density at radius 1 is 1.53 bits per heavy atom. The molecule has 0 aromatic carbocycles. The van der Waals surface area contributed by atoms with Gasteiger partial charge in [0.1, 0.15) is 5.76 Å². The summed E-state index contributed by atoms with van der Waals surface area (Å²) in [5.41, 5.74) is 0. The van der Waals surface area contributed by atoms with Crippen molar-refractivity contribution >= 4 is 5.97 Å². The smallest absolute Gasteiger partial charge is 0.303 e. The molecule has 1 rings (SSSR count). The number of rotatable bonds is 7. The van der Waals surface area contributed by atoms with Crippen molar-refractivity contribution in [1.29, 1.82) is 0 Å². The van der Waals surface area contributed by atoms with E-state index in [4.69, 9.17) is 9.52 Å². The maximum atomic E-state index is 10.3. The topological polar surface area (TPSA) is 53.7 Å². The molecule has 0 aliphatic heterocycles. The Morgan fingerprint density at radius 2 is 2.33 bits per heavy atom. The summed E-state index contributed by atoms with van der Waals surface area (Å²) in [6.07, 6.45) is 3.56. The van der Waals surface area contributed by atoms with Gasteiger partial charge in [0.15, 0.2) is 0 Å². The van der Waals surface area contributed by atoms with E-state index >= 15 is 0 Å². The van der Waals surface area contributed by atoms with Crippen molar-refractivity contribution in [3.63, 3.8) is 0 Å². The highest BCUT2D eigenvalue weighted by Gasteiger charge is 2.03. The first-order chi connectivity index (χ1) is 7.18. The lowest BCUT2D eigenvalue weighted by Gasteiger charge is -2.14. The van der Waals surface area contributed by atoms with Crippen LogP contribution < -0.4 is 0 Å². The zero-order chi connectivity index (χ0) is 11.1. The number of carbonyl (C=O) groups is 1. The van der Waals surface area contributed by atoms with Gasteiger partial charge < -0.3 is 9.52 Å². The van der Waals surface area contributed by atoms with Gasteiger partial charge in [0.25, 0.3) is 0 Å². The van der Waals surface area contributed by atoms with Crippen LogP contribution in [0.3, 0.4) is 0 Å². The number of carboxylic acids is 1. The predicted molar refractivity (Wildman–Crippen MR) is 56.5 cm³/mol. The molecule has 0 saturated heterocycles. The molecule has 0 radical (unpaired) electrons. The van der Waals surface area contributed by atoms with E-state index in [-0.39, 0.29) is 6.42 Å². The summed E-state index contributed by atoms with van der Waals surface area (Å²) in [6, 6.07) is 3.81. The third-order valence-electron chi connectivity index (χ3n) is 2.19. The summed E-state index contributed by atoms with van der Waals surface area (Å²) in [5, 5.41) is 8.46. The largest absolute Gasteiger partial charge is 0.481 e. The van der Waals surface area contributed by atoms with Crippen LogP contribution in [0.2, 0.25) is 0 Å². The van der Waals surface area contributed by atoms with Gasteiger partial charge >= 0.3 is 5.97 Å². The van der Waals surface area contributed by atoms with E-state index < -0.39 is 5.97 Å². The fraction of sp³-hybridized carbons (Fsp3) is 0.545. The molecular weight excluding hydrogens is 194 g/mol. The number of furan rings is 1. The summed E-state index contributed by atoms with van der Waals surface area (Å²) in [6.45, 7) is 1.67. The van der Waals surface area contributed by atoms with Gasteiger partial charge in [0, 0.05) is 6.42 Å². The molecule has 4 heteroatoms. The first kappa shape index (κ1) is 11.8. The molecule has 1 N–H and O–H groups in total. The second kappa shape index (κ2) is 6.24. The SMILES string of the molecule is CN(CCCCC(=O)O)Cc1ccco1. The Hall–Kier alpha value is -1.29. The molecule has 0 spiro atoms. The number of hydrogen-bond donors (Lipinski definition) is 1. The quantitative estimate of drug-likeness (QED) is 0.700. The number of nitrogens with zero attached hydrogens (tertiary/aromatic N) is 1. The average molecular weight is 211 g/mol. The third-order valence-corrected chi connectivity index (χ3v) is 2.19. The van der Waals surface area contributed by atoms with E-state index in [2.05, 4.69) is 4.90 Å². The summed E-state index contributed by atoms with van der Waals surface area (Å²) in [7, 11) is 2.00. The van der Waals surface area contributed by atoms with Gasteiger partial charge in [-0.15, -0.1) is 0 Å². The molecule has 1 aromatic heterocycles. The number of hydrogen-bond acceptors (Lipinski definition) is 3. The maximum Gasteiger partial charge on any atom is 0.303 e. The lowest BCUT2D eigenvalue weighted by Crippen LogP contribution is -2.18. The van der Waals surface area contributed by atoms with Crippen molar-refractivity contribution in [3.8, 4) is 0 Å². The van der Waals surface area contributed by atoms with Gasteiger partial charge in [-0.2, -0.15) is 0 Å². The molecule has 15 heavy (non-hydrogen) atoms. The molecule has 4 nitrogen and oxygen atoms in total. The van der Waals surface area contributed by atoms with E-state index in [0.717, 1.165) is 31.7 Å². The minimum absolute atomic E-state index is 0.259. The van der Waals surface area contributed by atoms with Gasteiger partial charge in [-0.25, -0.2) is 0 Å². The van der Waals surface area contributed by atoms with Gasteiger partial charge in [0.05, 0.1) is 12.8 Å². The normalized spacial score (nSPS) is 10.8. The van der Waals surface area contributed by atoms with Crippen molar-refractivity contribution in [2.24, 2.45) is 0 Å². The van der Waals surface area contributed by atoms with E-state index in [0.29, 0.717) is 0 Å². The Morgan fingerprint density at radius 3 is 2.93 bits per heavy atom. The standard InChI is InChI=1S/C11H17NO3/c1-12(7-3-2-6-11(13)14)9-10-5-4-8-15-10/h4-5,8H,2-3,6-7,9H2,1H3,(H,13,14). The summed E-state index contributed by atoms with van der Waals surface area (Å²) >= 11 is 0. The molecule has 84 valence electrons. The van der Waals surface area contributed by atoms with Gasteiger partial charge in [-0.3, -0.25) is 9.69 Å². The van der Waals surface area contributed by atoms with Gasteiger partial charge in [-0.05, 0) is 38.6 Å². The molecule has 1 aromatic rings. The number of aliphatic carboxylic acids is 1. The highest BCUT2D eigenvalue weighted by Crippen LogP contribution is 2.05. The van der Waals surface area contributed by atoms with Crippen LogP contribution in [-0.2, 0) is 11.3 Å². The summed E-state index contributed by atoms with van der Waals surface area (Å²) in [4.78, 5) is 12.4. The summed E-state index contributed by atoms with van der Waals surface area (Å²) in [5.74, 6) is 0.222. The van der Waals surface area contributed by atoms with Crippen molar-refractivity contribution in [3.05, 3.63) is 24.2 Å². The number of unbranched alkanes of at least 4 members (excludes halogenated alkanes) is 1. The van der Waals surface area contributed by atoms with E-state index in [1.165, 1.54) is 0 Å². The molecular formula is C11H17NO3. The van der Waals surface area contributed by atoms with Crippen LogP contribution in [0.5, 0.6) is 0 Å². The minimum atomic E-state index is -0.719. The van der Waals surface area contributed by atoms with Gasteiger partial charge in [0.2, 0.25) is 0 Å². The van der Waals surface area contributed by atoms with E-state index in [1.54, 1.807) is 6.26 Å². The molecule has 0 fully saturated rings. The Balaban J connectivity index is 2.08. The van der Waals surface area contributed by atoms with Crippen LogP contribution in [0, 0.1) is 0 Å². The van der Waals surface area contributed by atoms with E-state index in [1.807, 2.05) is 19.2 Å². The van der Waals surface area contributed by atoms with Crippen molar-refractivity contribution < 1.29 is 14.3 Å². The van der Waals surface area contributed by atoms with Crippen molar-refractivity contribution in [1.82, 2.24) is 4.90 Å². The van der Waals surface area contributed by atoms with Crippen molar-refractivity contribution in [2.45, 2.75) is 25.8 Å². The Labute approximate surface area is 89.5 Å². The fourth-order valence-electron chi connectivity index (χ4n) is 1.41. The maximum absolute atomic E-state index is 10.3. The molecule has 0 aliphatic carbocycles. The predicted octanol–water partition coefficient (Wildman–Crippen LogP) is 1.97. The third kappa shape index (κ3) is 5.22. The fourth-order valence-corrected chi connectivity index (χ4v) is 1.41. The van der Waals surface area contributed by atoms with Crippen molar-refractivity contribution in [2.75, 3.05) is 13.6 Å². The van der Waals surface area contributed by atoms with Crippen LogP contribution in [-0.4, -0.2) is 29.6 Å². The molecule has 0 atom stereocenters. The first-order valence-corrected chi connectivity index (χ1v) is 5.11. The van der Waals surface area contributed by atoms with E-state index in [9.17, 15) is 4.79 Å². The molecule has 0 amide bonds. The molecule has 0 saturated carbocycles. The van der Waals surface area contributed by atoms with Crippen LogP contribution in [0.4, 0.5) is 0 Å². The zero-order valence-electron chi connectivity index (χ0n) is 8.98. The lowest BCUT2D eigenvalue weighted by molar-refractivity contribution is -0.137. The van der Waals surface area contributed by atoms with Crippen LogP contribution in [0.25, 0.3) is 0 Å². The zero-order valence-corrected chi connectivity index (χ0v) is 8.98. The second-order valence-electron chi connectivity index (χ2n) is 3.67. The van der Waals surface area contributed by atoms with Gasteiger partial charge in [-0.1, -0.05) is 0 Å². The second-order valence-corrected chi connectivity index (χ2v) is 3.67. The number of carboxylic acid groups (broad SMARTS) is 1.